The molecule has 0 N–H and O–H groups in total. The molecule has 108 valence electrons. The molecule has 2 aromatic carbocycles. The zero-order chi connectivity index (χ0) is 15.0. The highest BCUT2D eigenvalue weighted by atomic mass is 79.9. The largest absolute Gasteiger partial charge is 0.308 e. The Kier molecular flexibility index (Phi) is 4.13. The number of hydrogen-bond acceptors (Lipinski definition) is 2. The number of benzene rings is 2. The van der Waals surface area contributed by atoms with Crippen molar-refractivity contribution in [3.05, 3.63) is 46.7 Å². The highest BCUT2D eigenvalue weighted by Gasteiger charge is 2.15. The maximum absolute atomic E-state index is 4.38. The SMILES string of the molecule is CC(C)n1c(CBr)nnc1-c1ccc2cc(Br)ccc2c1. The topological polar surface area (TPSA) is 30.7 Å². The van der Waals surface area contributed by atoms with E-state index in [0.29, 0.717) is 11.4 Å². The fourth-order valence-electron chi connectivity index (χ4n) is 2.51. The Morgan fingerprint density at radius 1 is 1.05 bits per heavy atom. The van der Waals surface area contributed by atoms with E-state index in [-0.39, 0.29) is 0 Å². The van der Waals surface area contributed by atoms with Gasteiger partial charge in [-0.25, -0.2) is 0 Å². The minimum atomic E-state index is 0.322. The molecule has 5 heteroatoms. The molecule has 3 rings (SSSR count). The Labute approximate surface area is 140 Å². The standard InChI is InChI=1S/C16H15Br2N3/c1-10(2)21-15(9-17)19-20-16(21)13-4-3-12-8-14(18)6-5-11(12)7-13/h3-8,10H,9H2,1-2H3. The van der Waals surface area contributed by atoms with Gasteiger partial charge >= 0.3 is 0 Å². The van der Waals surface area contributed by atoms with Gasteiger partial charge in [-0.2, -0.15) is 0 Å². The number of fused-ring (bicyclic) bond motifs is 1. The summed E-state index contributed by atoms with van der Waals surface area (Å²) in [7, 11) is 0. The number of hydrogen-bond donors (Lipinski definition) is 0. The van der Waals surface area contributed by atoms with Crippen LogP contribution in [0.3, 0.4) is 0 Å². The van der Waals surface area contributed by atoms with E-state index in [1.807, 2.05) is 0 Å². The van der Waals surface area contributed by atoms with Gasteiger partial charge in [0.1, 0.15) is 5.82 Å². The van der Waals surface area contributed by atoms with E-state index in [1.54, 1.807) is 0 Å². The predicted octanol–water partition coefficient (Wildman–Crippen LogP) is 5.34. The summed E-state index contributed by atoms with van der Waals surface area (Å²) < 4.78 is 3.27. The summed E-state index contributed by atoms with van der Waals surface area (Å²) in [6.07, 6.45) is 0. The van der Waals surface area contributed by atoms with Gasteiger partial charge in [-0.15, -0.1) is 10.2 Å². The number of aromatic nitrogens is 3. The Hall–Kier alpha value is -1.20. The van der Waals surface area contributed by atoms with E-state index in [9.17, 15) is 0 Å². The zero-order valence-electron chi connectivity index (χ0n) is 11.8. The first-order valence-electron chi connectivity index (χ1n) is 6.79. The first kappa shape index (κ1) is 14.7. The minimum Gasteiger partial charge on any atom is -0.308 e. The van der Waals surface area contributed by atoms with Crippen LogP contribution in [0.4, 0.5) is 0 Å². The molecule has 0 bridgehead atoms. The van der Waals surface area contributed by atoms with Gasteiger partial charge in [-0.05, 0) is 42.8 Å². The van der Waals surface area contributed by atoms with E-state index in [4.69, 9.17) is 0 Å². The predicted molar refractivity (Wildman–Crippen MR) is 93.7 cm³/mol. The van der Waals surface area contributed by atoms with Crippen LogP contribution in [0.15, 0.2) is 40.9 Å². The van der Waals surface area contributed by atoms with Crippen LogP contribution in [0.5, 0.6) is 0 Å². The molecule has 0 radical (unpaired) electrons. The lowest BCUT2D eigenvalue weighted by atomic mass is 10.1. The maximum Gasteiger partial charge on any atom is 0.164 e. The van der Waals surface area contributed by atoms with E-state index in [0.717, 1.165) is 21.7 Å². The van der Waals surface area contributed by atoms with Crippen molar-refractivity contribution >= 4 is 42.6 Å². The van der Waals surface area contributed by atoms with Gasteiger partial charge < -0.3 is 4.57 Å². The molecule has 1 heterocycles. The van der Waals surface area contributed by atoms with Gasteiger partial charge in [0.2, 0.25) is 0 Å². The quantitative estimate of drug-likeness (QED) is 0.548. The summed E-state index contributed by atoms with van der Waals surface area (Å²) in [4.78, 5) is 0. The normalized spacial score (nSPS) is 11.5. The fourth-order valence-corrected chi connectivity index (χ4v) is 3.27. The summed E-state index contributed by atoms with van der Waals surface area (Å²) in [5.41, 5.74) is 1.10. The summed E-state index contributed by atoms with van der Waals surface area (Å²) >= 11 is 6.99. The van der Waals surface area contributed by atoms with Crippen molar-refractivity contribution in [1.29, 1.82) is 0 Å². The van der Waals surface area contributed by atoms with Gasteiger partial charge in [-0.3, -0.25) is 0 Å². The lowest BCUT2D eigenvalue weighted by Crippen LogP contribution is -2.06. The van der Waals surface area contributed by atoms with E-state index >= 15 is 0 Å². The van der Waals surface area contributed by atoms with Crippen molar-refractivity contribution in [2.24, 2.45) is 0 Å². The molecule has 1 aromatic heterocycles. The molecular weight excluding hydrogens is 394 g/mol. The van der Waals surface area contributed by atoms with Crippen molar-refractivity contribution in [2.45, 2.75) is 25.2 Å². The first-order valence-corrected chi connectivity index (χ1v) is 8.71. The van der Waals surface area contributed by atoms with Crippen LogP contribution in [0, 0.1) is 0 Å². The van der Waals surface area contributed by atoms with E-state index < -0.39 is 0 Å². The molecule has 3 aromatic rings. The second-order valence-electron chi connectivity index (χ2n) is 5.24. The molecule has 0 aliphatic heterocycles. The smallest absolute Gasteiger partial charge is 0.164 e. The average molecular weight is 409 g/mol. The number of halogens is 2. The lowest BCUT2D eigenvalue weighted by Gasteiger charge is -2.13. The Balaban J connectivity index is 2.16. The van der Waals surface area contributed by atoms with Crippen molar-refractivity contribution in [3.8, 4) is 11.4 Å². The van der Waals surface area contributed by atoms with Gasteiger partial charge in [0.05, 0.1) is 5.33 Å². The second-order valence-corrected chi connectivity index (χ2v) is 6.72. The van der Waals surface area contributed by atoms with Crippen LogP contribution in [-0.4, -0.2) is 14.8 Å². The van der Waals surface area contributed by atoms with Crippen molar-refractivity contribution in [3.63, 3.8) is 0 Å². The number of nitrogens with zero attached hydrogens (tertiary/aromatic N) is 3. The molecule has 21 heavy (non-hydrogen) atoms. The highest BCUT2D eigenvalue weighted by molar-refractivity contribution is 9.10. The highest BCUT2D eigenvalue weighted by Crippen LogP contribution is 2.28. The maximum atomic E-state index is 4.38. The van der Waals surface area contributed by atoms with Crippen molar-refractivity contribution < 1.29 is 0 Å². The molecule has 0 unspecified atom stereocenters. The molecule has 3 nitrogen and oxygen atoms in total. The Bertz CT molecular complexity index is 793. The van der Waals surface area contributed by atoms with Crippen LogP contribution in [0.2, 0.25) is 0 Å². The molecule has 0 spiro atoms. The van der Waals surface area contributed by atoms with Crippen LogP contribution in [0.1, 0.15) is 25.7 Å². The van der Waals surface area contributed by atoms with E-state index in [2.05, 4.69) is 96.9 Å². The van der Waals surface area contributed by atoms with Gasteiger partial charge in [0, 0.05) is 16.1 Å². The summed E-state index contributed by atoms with van der Waals surface area (Å²) in [5.74, 6) is 1.88. The summed E-state index contributed by atoms with van der Waals surface area (Å²) in [5, 5.41) is 11.8. The van der Waals surface area contributed by atoms with Crippen LogP contribution in [-0.2, 0) is 5.33 Å². The Morgan fingerprint density at radius 3 is 2.48 bits per heavy atom. The number of alkyl halides is 1. The second kappa shape index (κ2) is 5.89. The third-order valence-corrected chi connectivity index (χ3v) is 4.46. The zero-order valence-corrected chi connectivity index (χ0v) is 15.0. The minimum absolute atomic E-state index is 0.322. The lowest BCUT2D eigenvalue weighted by molar-refractivity contribution is 0.586. The molecule has 0 fully saturated rings. The molecule has 0 atom stereocenters. The van der Waals surface area contributed by atoms with Crippen LogP contribution < -0.4 is 0 Å². The third kappa shape index (κ3) is 2.77. The summed E-state index contributed by atoms with van der Waals surface area (Å²) in [6.45, 7) is 4.30. The summed E-state index contributed by atoms with van der Waals surface area (Å²) in [6, 6.07) is 13.0. The molecule has 0 saturated heterocycles. The van der Waals surface area contributed by atoms with Crippen LogP contribution >= 0.6 is 31.9 Å². The van der Waals surface area contributed by atoms with Gasteiger partial charge in [-0.1, -0.05) is 50.1 Å². The monoisotopic (exact) mass is 407 g/mol. The fraction of sp³-hybridized carbons (Fsp3) is 0.250. The third-order valence-electron chi connectivity index (χ3n) is 3.46. The Morgan fingerprint density at radius 2 is 1.76 bits per heavy atom. The molecule has 0 aliphatic rings. The van der Waals surface area contributed by atoms with Crippen molar-refractivity contribution in [1.82, 2.24) is 14.8 Å². The molecular formula is C16H15Br2N3. The van der Waals surface area contributed by atoms with Crippen molar-refractivity contribution in [2.75, 3.05) is 0 Å². The van der Waals surface area contributed by atoms with Crippen LogP contribution in [0.25, 0.3) is 22.2 Å². The van der Waals surface area contributed by atoms with Gasteiger partial charge in [0.25, 0.3) is 0 Å². The molecule has 0 saturated carbocycles. The van der Waals surface area contributed by atoms with E-state index in [1.165, 1.54) is 10.8 Å². The van der Waals surface area contributed by atoms with Gasteiger partial charge in [0.15, 0.2) is 5.82 Å². The first-order chi connectivity index (χ1) is 10.1. The number of rotatable bonds is 3. The molecule has 0 amide bonds. The average Bonchev–Trinajstić information content (AvgIpc) is 2.90. The molecule has 0 aliphatic carbocycles.